The molecule has 0 unspecified atom stereocenters. The fraction of sp³-hybridized carbons (Fsp3) is 0.375. The summed E-state index contributed by atoms with van der Waals surface area (Å²) in [5.74, 6) is 2.22. The largest absolute Gasteiger partial charge is 0.494 e. The Morgan fingerprint density at radius 2 is 1.95 bits per heavy atom. The SMILES string of the molecule is CCOc1ccc(-c2ccnc(C3CC(N)C3)n2)cc1. The van der Waals surface area contributed by atoms with Crippen molar-refractivity contribution in [3.05, 3.63) is 42.4 Å². The van der Waals surface area contributed by atoms with Gasteiger partial charge in [0.1, 0.15) is 11.6 Å². The smallest absolute Gasteiger partial charge is 0.132 e. The topological polar surface area (TPSA) is 61.0 Å². The van der Waals surface area contributed by atoms with Crippen LogP contribution in [0.3, 0.4) is 0 Å². The molecule has 1 aliphatic rings. The van der Waals surface area contributed by atoms with E-state index >= 15 is 0 Å². The third kappa shape index (κ3) is 2.65. The minimum atomic E-state index is 0.317. The maximum Gasteiger partial charge on any atom is 0.132 e. The lowest BCUT2D eigenvalue weighted by atomic mass is 9.80. The molecule has 4 nitrogen and oxygen atoms in total. The Labute approximate surface area is 119 Å². The van der Waals surface area contributed by atoms with Gasteiger partial charge in [0.2, 0.25) is 0 Å². The van der Waals surface area contributed by atoms with Crippen LogP contribution in [0.15, 0.2) is 36.5 Å². The number of hydrogen-bond acceptors (Lipinski definition) is 4. The minimum Gasteiger partial charge on any atom is -0.494 e. The van der Waals surface area contributed by atoms with Crippen molar-refractivity contribution in [2.45, 2.75) is 31.7 Å². The molecule has 4 heteroatoms. The molecule has 0 atom stereocenters. The predicted molar refractivity (Wildman–Crippen MR) is 78.6 cm³/mol. The van der Waals surface area contributed by atoms with Gasteiger partial charge >= 0.3 is 0 Å². The van der Waals surface area contributed by atoms with Crippen molar-refractivity contribution in [3.8, 4) is 17.0 Å². The highest BCUT2D eigenvalue weighted by Gasteiger charge is 2.29. The summed E-state index contributed by atoms with van der Waals surface area (Å²) < 4.78 is 5.45. The summed E-state index contributed by atoms with van der Waals surface area (Å²) in [5, 5.41) is 0. The van der Waals surface area contributed by atoms with E-state index in [1.165, 1.54) is 0 Å². The van der Waals surface area contributed by atoms with Crippen molar-refractivity contribution in [2.75, 3.05) is 6.61 Å². The number of nitrogens with zero attached hydrogens (tertiary/aromatic N) is 2. The lowest BCUT2D eigenvalue weighted by molar-refractivity contribution is 0.338. The molecule has 1 saturated carbocycles. The lowest BCUT2D eigenvalue weighted by Crippen LogP contribution is -2.35. The first-order valence-electron chi connectivity index (χ1n) is 7.08. The van der Waals surface area contributed by atoms with Gasteiger partial charge < -0.3 is 10.5 Å². The molecule has 1 fully saturated rings. The fourth-order valence-corrected chi connectivity index (χ4v) is 2.49. The van der Waals surface area contributed by atoms with Crippen molar-refractivity contribution >= 4 is 0 Å². The number of aromatic nitrogens is 2. The Balaban J connectivity index is 1.81. The van der Waals surface area contributed by atoms with Gasteiger partial charge in [0.05, 0.1) is 12.3 Å². The molecule has 1 heterocycles. The maximum atomic E-state index is 5.83. The lowest BCUT2D eigenvalue weighted by Gasteiger charge is -2.31. The molecule has 3 rings (SSSR count). The van der Waals surface area contributed by atoms with E-state index in [1.54, 1.807) is 0 Å². The number of nitrogens with two attached hydrogens (primary N) is 1. The molecule has 20 heavy (non-hydrogen) atoms. The molecule has 2 aromatic rings. The Hall–Kier alpha value is -1.94. The van der Waals surface area contributed by atoms with Gasteiger partial charge in [-0.3, -0.25) is 0 Å². The van der Waals surface area contributed by atoms with Crippen molar-refractivity contribution < 1.29 is 4.74 Å². The molecule has 0 aliphatic heterocycles. The number of rotatable bonds is 4. The van der Waals surface area contributed by atoms with E-state index in [9.17, 15) is 0 Å². The monoisotopic (exact) mass is 269 g/mol. The Morgan fingerprint density at radius 1 is 1.20 bits per heavy atom. The molecule has 1 aliphatic carbocycles. The second-order valence-corrected chi connectivity index (χ2v) is 5.19. The summed E-state index contributed by atoms with van der Waals surface area (Å²) in [6, 6.07) is 10.3. The van der Waals surface area contributed by atoms with Crippen LogP contribution in [0.25, 0.3) is 11.3 Å². The third-order valence-electron chi connectivity index (χ3n) is 3.67. The van der Waals surface area contributed by atoms with Gasteiger partial charge in [-0.25, -0.2) is 9.97 Å². The third-order valence-corrected chi connectivity index (χ3v) is 3.67. The number of benzene rings is 1. The van der Waals surface area contributed by atoms with Crippen LogP contribution in [0.1, 0.15) is 31.5 Å². The highest BCUT2D eigenvalue weighted by molar-refractivity contribution is 5.59. The first-order chi connectivity index (χ1) is 9.76. The van der Waals surface area contributed by atoms with Gasteiger partial charge in [-0.05, 0) is 50.1 Å². The molecule has 0 spiro atoms. The van der Waals surface area contributed by atoms with Crippen molar-refractivity contribution in [1.82, 2.24) is 9.97 Å². The quantitative estimate of drug-likeness (QED) is 0.927. The van der Waals surface area contributed by atoms with Crippen LogP contribution in [0.4, 0.5) is 0 Å². The standard InChI is InChI=1S/C16H19N3O/c1-2-20-14-5-3-11(4-6-14)15-7-8-18-16(19-15)12-9-13(17)10-12/h3-8,12-13H,2,9-10,17H2,1H3. The van der Waals surface area contributed by atoms with Crippen LogP contribution < -0.4 is 10.5 Å². The summed E-state index contributed by atoms with van der Waals surface area (Å²) >= 11 is 0. The first-order valence-corrected chi connectivity index (χ1v) is 7.08. The van der Waals surface area contributed by atoms with Crippen LogP contribution in [0.2, 0.25) is 0 Å². The van der Waals surface area contributed by atoms with Gasteiger partial charge in [0.15, 0.2) is 0 Å². The van der Waals surface area contributed by atoms with E-state index < -0.39 is 0 Å². The zero-order chi connectivity index (χ0) is 13.9. The second-order valence-electron chi connectivity index (χ2n) is 5.19. The molecule has 0 bridgehead atoms. The summed E-state index contributed by atoms with van der Waals surface area (Å²) in [6.07, 6.45) is 3.82. The van der Waals surface area contributed by atoms with Crippen LogP contribution in [-0.4, -0.2) is 22.6 Å². The number of hydrogen-bond donors (Lipinski definition) is 1. The van der Waals surface area contributed by atoms with Gasteiger partial charge in [0.25, 0.3) is 0 Å². The normalized spacial score (nSPS) is 21.3. The summed E-state index contributed by atoms with van der Waals surface area (Å²) in [4.78, 5) is 9.04. The van der Waals surface area contributed by atoms with Crippen molar-refractivity contribution in [2.24, 2.45) is 5.73 Å². The summed E-state index contributed by atoms with van der Waals surface area (Å²) in [6.45, 7) is 2.66. The van der Waals surface area contributed by atoms with Gasteiger partial charge in [0, 0.05) is 23.7 Å². The minimum absolute atomic E-state index is 0.317. The molecule has 1 aromatic carbocycles. The molecular weight excluding hydrogens is 250 g/mol. The highest BCUT2D eigenvalue weighted by atomic mass is 16.5. The summed E-state index contributed by atoms with van der Waals surface area (Å²) in [7, 11) is 0. The Kier molecular flexibility index (Phi) is 3.65. The van der Waals surface area contributed by atoms with Gasteiger partial charge in [-0.2, -0.15) is 0 Å². The van der Waals surface area contributed by atoms with E-state index in [0.29, 0.717) is 18.6 Å². The van der Waals surface area contributed by atoms with E-state index in [-0.39, 0.29) is 0 Å². The molecule has 0 amide bonds. The first kappa shape index (κ1) is 13.1. The Morgan fingerprint density at radius 3 is 2.60 bits per heavy atom. The molecule has 104 valence electrons. The second kappa shape index (κ2) is 5.59. The fourth-order valence-electron chi connectivity index (χ4n) is 2.49. The Bertz CT molecular complexity index is 577. The zero-order valence-corrected chi connectivity index (χ0v) is 11.6. The zero-order valence-electron chi connectivity index (χ0n) is 11.6. The van der Waals surface area contributed by atoms with Crippen LogP contribution >= 0.6 is 0 Å². The van der Waals surface area contributed by atoms with E-state index in [1.807, 2.05) is 43.5 Å². The molecule has 0 saturated heterocycles. The predicted octanol–water partition coefficient (Wildman–Crippen LogP) is 2.75. The average molecular weight is 269 g/mol. The molecule has 1 aromatic heterocycles. The van der Waals surface area contributed by atoms with Crippen LogP contribution in [0, 0.1) is 0 Å². The van der Waals surface area contributed by atoms with Crippen LogP contribution in [-0.2, 0) is 0 Å². The van der Waals surface area contributed by atoms with Gasteiger partial charge in [-0.15, -0.1) is 0 Å². The highest BCUT2D eigenvalue weighted by Crippen LogP contribution is 2.34. The van der Waals surface area contributed by atoms with Crippen LogP contribution in [0.5, 0.6) is 5.75 Å². The molecular formula is C16H19N3O. The van der Waals surface area contributed by atoms with Crippen molar-refractivity contribution in [3.63, 3.8) is 0 Å². The van der Waals surface area contributed by atoms with E-state index in [0.717, 1.165) is 35.7 Å². The molecule has 2 N–H and O–H groups in total. The molecule has 0 radical (unpaired) electrons. The van der Waals surface area contributed by atoms with E-state index in [2.05, 4.69) is 9.97 Å². The maximum absolute atomic E-state index is 5.83. The number of ether oxygens (including phenoxy) is 1. The average Bonchev–Trinajstić information content (AvgIpc) is 2.45. The van der Waals surface area contributed by atoms with Gasteiger partial charge in [-0.1, -0.05) is 0 Å². The van der Waals surface area contributed by atoms with Crippen molar-refractivity contribution in [1.29, 1.82) is 0 Å². The van der Waals surface area contributed by atoms with E-state index in [4.69, 9.17) is 10.5 Å². The summed E-state index contributed by atoms with van der Waals surface area (Å²) in [5.41, 5.74) is 7.87.